The number of carbonyl (C=O) groups excluding carboxylic acids is 1. The van der Waals surface area contributed by atoms with Crippen molar-refractivity contribution in [3.63, 3.8) is 0 Å². The summed E-state index contributed by atoms with van der Waals surface area (Å²) < 4.78 is 23.2. The molecule has 0 aliphatic carbocycles. The molecule has 1 N–H and O–H groups in total. The van der Waals surface area contributed by atoms with E-state index in [0.29, 0.717) is 22.8 Å². The summed E-state index contributed by atoms with van der Waals surface area (Å²) in [5.74, 6) is 0.160. The lowest BCUT2D eigenvalue weighted by Gasteiger charge is -2.08. The van der Waals surface area contributed by atoms with Gasteiger partial charge in [-0.2, -0.15) is 0 Å². The predicted octanol–water partition coefficient (Wildman–Crippen LogP) is 3.74. The Morgan fingerprint density at radius 1 is 1.17 bits per heavy atom. The minimum absolute atomic E-state index is 0.121. The van der Waals surface area contributed by atoms with E-state index in [1.165, 1.54) is 25.3 Å². The Bertz CT molecular complexity index is 828. The third-order valence-corrected chi connectivity index (χ3v) is 3.23. The number of benzene rings is 2. The molecule has 0 radical (unpaired) electrons. The highest BCUT2D eigenvalue weighted by molar-refractivity contribution is 6.04. The number of rotatable bonds is 4. The van der Waals surface area contributed by atoms with Crippen LogP contribution in [0.3, 0.4) is 0 Å². The van der Waals surface area contributed by atoms with Gasteiger partial charge < -0.3 is 14.6 Å². The fraction of sp³-hybridized carbons (Fsp3) is 0.0588. The summed E-state index contributed by atoms with van der Waals surface area (Å²) in [5.41, 5.74) is 1.29. The molecule has 23 heavy (non-hydrogen) atoms. The van der Waals surface area contributed by atoms with Gasteiger partial charge in [0.25, 0.3) is 5.91 Å². The summed E-state index contributed by atoms with van der Waals surface area (Å²) in [5, 5.41) is 6.45. The molecule has 1 amide bonds. The molecule has 0 saturated carbocycles. The van der Waals surface area contributed by atoms with E-state index in [-0.39, 0.29) is 11.5 Å². The number of methoxy groups -OCH3 is 1. The van der Waals surface area contributed by atoms with E-state index in [1.54, 1.807) is 36.4 Å². The highest BCUT2D eigenvalue weighted by Crippen LogP contribution is 2.25. The summed E-state index contributed by atoms with van der Waals surface area (Å²) in [6.07, 6.45) is 0. The van der Waals surface area contributed by atoms with Gasteiger partial charge >= 0.3 is 0 Å². The summed E-state index contributed by atoms with van der Waals surface area (Å²) in [6, 6.07) is 14.3. The SMILES string of the molecule is COc1ccccc1NC(=O)c1cc(-c2ccc(F)cc2)on1. The molecule has 0 aliphatic rings. The van der Waals surface area contributed by atoms with Crippen molar-refractivity contribution in [1.82, 2.24) is 5.16 Å². The van der Waals surface area contributed by atoms with E-state index in [2.05, 4.69) is 10.5 Å². The number of carbonyl (C=O) groups is 1. The number of anilines is 1. The first kappa shape index (κ1) is 14.8. The van der Waals surface area contributed by atoms with E-state index in [9.17, 15) is 9.18 Å². The Hall–Kier alpha value is -3.15. The Balaban J connectivity index is 1.80. The van der Waals surface area contributed by atoms with E-state index in [4.69, 9.17) is 9.26 Å². The van der Waals surface area contributed by atoms with Crippen molar-refractivity contribution in [3.8, 4) is 17.1 Å². The molecular formula is C17H13FN2O3. The second-order valence-electron chi connectivity index (χ2n) is 4.74. The van der Waals surface area contributed by atoms with Gasteiger partial charge in [0.2, 0.25) is 0 Å². The van der Waals surface area contributed by atoms with Crippen LogP contribution >= 0.6 is 0 Å². The predicted molar refractivity (Wildman–Crippen MR) is 82.8 cm³/mol. The quantitative estimate of drug-likeness (QED) is 0.797. The molecule has 2 aromatic carbocycles. The van der Waals surface area contributed by atoms with Gasteiger partial charge in [-0.15, -0.1) is 0 Å². The Kier molecular flexibility index (Phi) is 4.05. The van der Waals surface area contributed by atoms with Gasteiger partial charge in [-0.25, -0.2) is 4.39 Å². The molecule has 116 valence electrons. The molecule has 6 heteroatoms. The van der Waals surface area contributed by atoms with Gasteiger partial charge in [0.15, 0.2) is 11.5 Å². The van der Waals surface area contributed by atoms with Crippen LogP contribution in [0.2, 0.25) is 0 Å². The van der Waals surface area contributed by atoms with Gasteiger partial charge in [-0.1, -0.05) is 17.3 Å². The fourth-order valence-corrected chi connectivity index (χ4v) is 2.07. The lowest BCUT2D eigenvalue weighted by atomic mass is 10.1. The van der Waals surface area contributed by atoms with Crippen molar-refractivity contribution >= 4 is 11.6 Å². The van der Waals surface area contributed by atoms with Gasteiger partial charge in [-0.05, 0) is 36.4 Å². The summed E-state index contributed by atoms with van der Waals surface area (Å²) in [4.78, 5) is 12.2. The number of aromatic nitrogens is 1. The van der Waals surface area contributed by atoms with Crippen molar-refractivity contribution in [2.24, 2.45) is 0 Å². The Labute approximate surface area is 131 Å². The van der Waals surface area contributed by atoms with Crippen molar-refractivity contribution in [2.75, 3.05) is 12.4 Å². The average Bonchev–Trinajstić information content (AvgIpc) is 3.06. The van der Waals surface area contributed by atoms with Gasteiger partial charge in [0.05, 0.1) is 12.8 Å². The monoisotopic (exact) mass is 312 g/mol. The highest BCUT2D eigenvalue weighted by atomic mass is 19.1. The molecule has 0 saturated heterocycles. The normalized spacial score (nSPS) is 10.3. The van der Waals surface area contributed by atoms with E-state index < -0.39 is 5.91 Å². The van der Waals surface area contributed by atoms with E-state index in [1.807, 2.05) is 0 Å². The zero-order chi connectivity index (χ0) is 16.2. The molecule has 1 heterocycles. The van der Waals surface area contributed by atoms with Crippen molar-refractivity contribution < 1.29 is 18.4 Å². The number of hydrogen-bond acceptors (Lipinski definition) is 4. The second kappa shape index (κ2) is 6.31. The summed E-state index contributed by atoms with van der Waals surface area (Å²) in [6.45, 7) is 0. The standard InChI is InChI=1S/C17H13FN2O3/c1-22-15-5-3-2-4-13(15)19-17(21)14-10-16(23-20-14)11-6-8-12(18)9-7-11/h2-10H,1H3,(H,19,21). The van der Waals surface area contributed by atoms with Gasteiger partial charge in [0, 0.05) is 11.6 Å². The third kappa shape index (κ3) is 3.21. The average molecular weight is 312 g/mol. The van der Waals surface area contributed by atoms with Crippen LogP contribution in [-0.4, -0.2) is 18.2 Å². The van der Waals surface area contributed by atoms with Gasteiger partial charge in [0.1, 0.15) is 11.6 Å². The number of ether oxygens (including phenoxy) is 1. The maximum atomic E-state index is 12.9. The Morgan fingerprint density at radius 2 is 1.91 bits per heavy atom. The first-order chi connectivity index (χ1) is 11.2. The first-order valence-electron chi connectivity index (χ1n) is 6.84. The molecule has 0 bridgehead atoms. The molecule has 1 aromatic heterocycles. The topological polar surface area (TPSA) is 64.4 Å². The maximum absolute atomic E-state index is 12.9. The number of para-hydroxylation sites is 2. The number of halogens is 1. The van der Waals surface area contributed by atoms with E-state index >= 15 is 0 Å². The minimum atomic E-state index is -0.424. The molecule has 0 spiro atoms. The molecule has 3 rings (SSSR count). The number of nitrogens with one attached hydrogen (secondary N) is 1. The van der Waals surface area contributed by atoms with Crippen molar-refractivity contribution in [2.45, 2.75) is 0 Å². The second-order valence-corrected chi connectivity index (χ2v) is 4.74. The molecule has 0 aliphatic heterocycles. The van der Waals surface area contributed by atoms with Crippen molar-refractivity contribution in [3.05, 3.63) is 66.1 Å². The molecule has 0 fully saturated rings. The number of nitrogens with zero attached hydrogens (tertiary/aromatic N) is 1. The van der Waals surface area contributed by atoms with Crippen LogP contribution in [0.5, 0.6) is 5.75 Å². The fourth-order valence-electron chi connectivity index (χ4n) is 2.07. The Morgan fingerprint density at radius 3 is 2.65 bits per heavy atom. The molecule has 3 aromatic rings. The third-order valence-electron chi connectivity index (χ3n) is 3.23. The lowest BCUT2D eigenvalue weighted by Crippen LogP contribution is -2.12. The van der Waals surface area contributed by atoms with Crippen LogP contribution < -0.4 is 10.1 Å². The highest BCUT2D eigenvalue weighted by Gasteiger charge is 2.15. The van der Waals surface area contributed by atoms with Crippen LogP contribution in [-0.2, 0) is 0 Å². The largest absolute Gasteiger partial charge is 0.495 e. The van der Waals surface area contributed by atoms with E-state index in [0.717, 1.165) is 0 Å². The number of amides is 1. The van der Waals surface area contributed by atoms with Crippen LogP contribution in [0.25, 0.3) is 11.3 Å². The summed E-state index contributed by atoms with van der Waals surface area (Å²) in [7, 11) is 1.52. The van der Waals surface area contributed by atoms with Crippen LogP contribution in [0.1, 0.15) is 10.5 Å². The molecule has 0 unspecified atom stereocenters. The minimum Gasteiger partial charge on any atom is -0.495 e. The van der Waals surface area contributed by atoms with Crippen molar-refractivity contribution in [1.29, 1.82) is 0 Å². The zero-order valence-corrected chi connectivity index (χ0v) is 12.2. The van der Waals surface area contributed by atoms with Crippen LogP contribution in [0.15, 0.2) is 59.1 Å². The zero-order valence-electron chi connectivity index (χ0n) is 12.2. The molecule has 5 nitrogen and oxygen atoms in total. The van der Waals surface area contributed by atoms with Crippen LogP contribution in [0.4, 0.5) is 10.1 Å². The molecular weight excluding hydrogens is 299 g/mol. The summed E-state index contributed by atoms with van der Waals surface area (Å²) >= 11 is 0. The maximum Gasteiger partial charge on any atom is 0.277 e. The lowest BCUT2D eigenvalue weighted by molar-refractivity contribution is 0.101. The van der Waals surface area contributed by atoms with Gasteiger partial charge in [-0.3, -0.25) is 4.79 Å². The number of hydrogen-bond donors (Lipinski definition) is 1. The first-order valence-corrected chi connectivity index (χ1v) is 6.84. The molecule has 0 atom stereocenters. The van der Waals surface area contributed by atoms with Crippen LogP contribution in [0, 0.1) is 5.82 Å². The smallest absolute Gasteiger partial charge is 0.277 e.